The van der Waals surface area contributed by atoms with Gasteiger partial charge in [0, 0.05) is 0 Å². The Bertz CT molecular complexity index is 553. The zero-order valence-corrected chi connectivity index (χ0v) is 13.8. The molecule has 0 saturated carbocycles. The summed E-state index contributed by atoms with van der Waals surface area (Å²) in [7, 11) is 0. The number of allylic oxidation sites excluding steroid dienone is 2. The Morgan fingerprint density at radius 3 is 1.40 bits per heavy atom. The normalized spacial score (nSPS) is 28.3. The molecule has 0 aromatic rings. The summed E-state index contributed by atoms with van der Waals surface area (Å²) >= 11 is 0. The van der Waals surface area contributed by atoms with Crippen molar-refractivity contribution in [2.45, 2.75) is 38.5 Å². The van der Waals surface area contributed by atoms with Crippen LogP contribution in [0.5, 0.6) is 0 Å². The van der Waals surface area contributed by atoms with Gasteiger partial charge in [0.15, 0.2) is 0 Å². The number of esters is 2. The first-order chi connectivity index (χ1) is 11.8. The van der Waals surface area contributed by atoms with E-state index in [4.69, 9.17) is 14.9 Å². The van der Waals surface area contributed by atoms with Crippen LogP contribution >= 0.6 is 0 Å². The van der Waals surface area contributed by atoms with Crippen LogP contribution in [0.15, 0.2) is 24.3 Å². The number of carbonyl (C=O) groups is 4. The molecule has 0 heterocycles. The first kappa shape index (κ1) is 18.9. The van der Waals surface area contributed by atoms with E-state index >= 15 is 0 Å². The summed E-state index contributed by atoms with van der Waals surface area (Å²) in [6, 6.07) is 0. The number of ether oxygens (including phenoxy) is 1. The van der Waals surface area contributed by atoms with E-state index in [2.05, 4.69) is 0 Å². The fraction of sp³-hybridized carbons (Fsp3) is 0.556. The topological polar surface area (TPSA) is 118 Å². The predicted molar refractivity (Wildman–Crippen MR) is 86.3 cm³/mol. The van der Waals surface area contributed by atoms with E-state index in [1.54, 1.807) is 24.3 Å². The van der Waals surface area contributed by atoms with Gasteiger partial charge in [-0.2, -0.15) is 0 Å². The number of rotatable bonds is 6. The molecule has 0 aromatic heterocycles. The van der Waals surface area contributed by atoms with Crippen LogP contribution in [0.4, 0.5) is 0 Å². The van der Waals surface area contributed by atoms with Gasteiger partial charge in [0.2, 0.25) is 0 Å². The SMILES string of the molecule is O=C(CC1C=CC(C(=O)O)CC1)OC(=O)CC1C=CC(C(=O)O)CC1. The van der Waals surface area contributed by atoms with Gasteiger partial charge in [-0.25, -0.2) is 0 Å². The summed E-state index contributed by atoms with van der Waals surface area (Å²) < 4.78 is 4.83. The molecule has 2 N–H and O–H groups in total. The van der Waals surface area contributed by atoms with Crippen molar-refractivity contribution in [1.82, 2.24) is 0 Å². The number of aliphatic carboxylic acids is 2. The average molecular weight is 350 g/mol. The monoisotopic (exact) mass is 350 g/mol. The number of hydrogen-bond acceptors (Lipinski definition) is 5. The van der Waals surface area contributed by atoms with E-state index in [9.17, 15) is 19.2 Å². The Hall–Kier alpha value is -2.44. The minimum absolute atomic E-state index is 0.0518. The Morgan fingerprint density at radius 1 is 0.720 bits per heavy atom. The molecule has 4 unspecified atom stereocenters. The van der Waals surface area contributed by atoms with Crippen molar-refractivity contribution >= 4 is 23.9 Å². The maximum atomic E-state index is 11.8. The van der Waals surface area contributed by atoms with Crippen LogP contribution in [-0.4, -0.2) is 34.1 Å². The summed E-state index contributed by atoms with van der Waals surface area (Å²) in [6.07, 6.45) is 8.73. The highest BCUT2D eigenvalue weighted by atomic mass is 16.6. The van der Waals surface area contributed by atoms with Crippen molar-refractivity contribution in [3.63, 3.8) is 0 Å². The third-order valence-electron chi connectivity index (χ3n) is 4.65. The highest BCUT2D eigenvalue weighted by molar-refractivity contribution is 5.86. The Labute approximate surface area is 145 Å². The fourth-order valence-corrected chi connectivity index (χ4v) is 3.14. The molecule has 25 heavy (non-hydrogen) atoms. The smallest absolute Gasteiger partial charge is 0.314 e. The van der Waals surface area contributed by atoms with Crippen molar-refractivity contribution in [2.75, 3.05) is 0 Å². The molecule has 7 nitrogen and oxygen atoms in total. The average Bonchev–Trinajstić information content (AvgIpc) is 2.55. The molecule has 136 valence electrons. The van der Waals surface area contributed by atoms with E-state index in [0.29, 0.717) is 25.7 Å². The molecule has 2 aliphatic carbocycles. The molecular weight excluding hydrogens is 328 g/mol. The van der Waals surface area contributed by atoms with Gasteiger partial charge in [-0.1, -0.05) is 24.3 Å². The molecule has 2 rings (SSSR count). The van der Waals surface area contributed by atoms with E-state index < -0.39 is 35.7 Å². The number of carboxylic acids is 2. The fourth-order valence-electron chi connectivity index (χ4n) is 3.14. The lowest BCUT2D eigenvalue weighted by molar-refractivity contribution is -0.160. The van der Waals surface area contributed by atoms with Crippen LogP contribution in [0.1, 0.15) is 38.5 Å². The molecule has 7 heteroatoms. The molecule has 0 radical (unpaired) electrons. The summed E-state index contributed by atoms with van der Waals surface area (Å²) in [5.74, 6) is -4.23. The maximum absolute atomic E-state index is 11.8. The van der Waals surface area contributed by atoms with Crippen molar-refractivity contribution in [2.24, 2.45) is 23.7 Å². The standard InChI is InChI=1S/C18H22O7/c19-15(9-11-1-5-13(6-2-11)17(21)22)25-16(20)10-12-3-7-14(8-4-12)18(23)24/h1,3,5,7,11-14H,2,4,6,8-10H2,(H,21,22)(H,23,24). The number of carbonyl (C=O) groups excluding carboxylic acids is 2. The molecule has 0 bridgehead atoms. The zero-order chi connectivity index (χ0) is 18.4. The molecule has 0 aliphatic heterocycles. The second kappa shape index (κ2) is 8.60. The first-order valence-electron chi connectivity index (χ1n) is 8.41. The highest BCUT2D eigenvalue weighted by Gasteiger charge is 2.26. The van der Waals surface area contributed by atoms with Gasteiger partial charge in [-0.15, -0.1) is 0 Å². The molecule has 0 spiro atoms. The van der Waals surface area contributed by atoms with Gasteiger partial charge in [0.1, 0.15) is 0 Å². The van der Waals surface area contributed by atoms with Crippen LogP contribution in [0.25, 0.3) is 0 Å². The molecular formula is C18H22O7. The summed E-state index contributed by atoms with van der Waals surface area (Å²) in [6.45, 7) is 0. The second-order valence-electron chi connectivity index (χ2n) is 6.59. The third kappa shape index (κ3) is 5.85. The minimum atomic E-state index is -0.877. The summed E-state index contributed by atoms with van der Waals surface area (Å²) in [5.41, 5.74) is 0. The molecule has 4 atom stereocenters. The van der Waals surface area contributed by atoms with E-state index in [-0.39, 0.29) is 24.7 Å². The molecule has 0 fully saturated rings. The van der Waals surface area contributed by atoms with Crippen LogP contribution in [-0.2, 0) is 23.9 Å². The van der Waals surface area contributed by atoms with Crippen LogP contribution in [0, 0.1) is 23.7 Å². The first-order valence-corrected chi connectivity index (χ1v) is 8.41. The van der Waals surface area contributed by atoms with E-state index in [0.717, 1.165) is 0 Å². The lowest BCUT2D eigenvalue weighted by atomic mass is 9.86. The Kier molecular flexibility index (Phi) is 6.50. The highest BCUT2D eigenvalue weighted by Crippen LogP contribution is 2.27. The van der Waals surface area contributed by atoms with Crippen molar-refractivity contribution < 1.29 is 34.1 Å². The number of carboxylic acid groups (broad SMARTS) is 2. The molecule has 0 aromatic carbocycles. The Balaban J connectivity index is 1.73. The van der Waals surface area contributed by atoms with Gasteiger partial charge in [-0.3, -0.25) is 19.2 Å². The van der Waals surface area contributed by atoms with Gasteiger partial charge in [0.05, 0.1) is 24.7 Å². The third-order valence-corrected chi connectivity index (χ3v) is 4.65. The molecule has 0 amide bonds. The minimum Gasteiger partial charge on any atom is -0.481 e. The van der Waals surface area contributed by atoms with Gasteiger partial charge < -0.3 is 14.9 Å². The van der Waals surface area contributed by atoms with Gasteiger partial charge >= 0.3 is 23.9 Å². The quantitative estimate of drug-likeness (QED) is 0.428. The predicted octanol–water partition coefficient (Wildman–Crippen LogP) is 2.17. The maximum Gasteiger partial charge on any atom is 0.314 e. The van der Waals surface area contributed by atoms with Crippen LogP contribution < -0.4 is 0 Å². The second-order valence-corrected chi connectivity index (χ2v) is 6.59. The lowest BCUT2D eigenvalue weighted by Gasteiger charge is -2.20. The largest absolute Gasteiger partial charge is 0.481 e. The molecule has 2 aliphatic rings. The summed E-state index contributed by atoms with van der Waals surface area (Å²) in [5, 5.41) is 17.8. The van der Waals surface area contributed by atoms with E-state index in [1.165, 1.54) is 0 Å². The van der Waals surface area contributed by atoms with Crippen molar-refractivity contribution in [1.29, 1.82) is 0 Å². The van der Waals surface area contributed by atoms with Crippen molar-refractivity contribution in [3.05, 3.63) is 24.3 Å². The lowest BCUT2D eigenvalue weighted by Crippen LogP contribution is -2.22. The summed E-state index contributed by atoms with van der Waals surface area (Å²) in [4.78, 5) is 45.4. The molecule has 0 saturated heterocycles. The van der Waals surface area contributed by atoms with Crippen LogP contribution in [0.2, 0.25) is 0 Å². The Morgan fingerprint density at radius 2 is 1.12 bits per heavy atom. The van der Waals surface area contributed by atoms with E-state index in [1.807, 2.05) is 0 Å². The zero-order valence-electron chi connectivity index (χ0n) is 13.8. The van der Waals surface area contributed by atoms with Gasteiger partial charge in [0.25, 0.3) is 0 Å². The van der Waals surface area contributed by atoms with Gasteiger partial charge in [-0.05, 0) is 37.5 Å². The van der Waals surface area contributed by atoms with Crippen molar-refractivity contribution in [3.8, 4) is 0 Å². The van der Waals surface area contributed by atoms with Crippen LogP contribution in [0.3, 0.4) is 0 Å². The number of hydrogen-bond donors (Lipinski definition) is 2.